The van der Waals surface area contributed by atoms with Gasteiger partial charge in [-0.25, -0.2) is 0 Å². The normalized spacial score (nSPS) is 14.8. The number of fused-ring (bicyclic) bond motifs is 1. The molecule has 0 bridgehead atoms. The molecule has 0 spiro atoms. The molecular weight excluding hydrogens is 320 g/mol. The van der Waals surface area contributed by atoms with Crippen molar-refractivity contribution in [3.63, 3.8) is 0 Å². The third-order valence-corrected chi connectivity index (χ3v) is 4.44. The minimum Gasteiger partial charge on any atom is -0.489 e. The number of rotatable bonds is 4. The van der Waals surface area contributed by atoms with Gasteiger partial charge < -0.3 is 9.47 Å². The van der Waals surface area contributed by atoms with Crippen LogP contribution < -0.4 is 9.47 Å². The molecule has 0 radical (unpaired) electrons. The number of hydrogen-bond acceptors (Lipinski definition) is 2. The van der Waals surface area contributed by atoms with Crippen molar-refractivity contribution in [2.45, 2.75) is 26.1 Å². The first-order valence-electron chi connectivity index (χ1n) is 8.89. The average molecular weight is 342 g/mol. The molecule has 0 fully saturated rings. The van der Waals surface area contributed by atoms with E-state index in [1.165, 1.54) is 11.1 Å². The van der Waals surface area contributed by atoms with Gasteiger partial charge in [-0.2, -0.15) is 0 Å². The lowest BCUT2D eigenvalue weighted by molar-refractivity contribution is 0.157. The van der Waals surface area contributed by atoms with Gasteiger partial charge in [0, 0.05) is 11.6 Å². The van der Waals surface area contributed by atoms with Crippen LogP contribution in [0.15, 0.2) is 84.9 Å². The van der Waals surface area contributed by atoms with Crippen molar-refractivity contribution in [2.75, 3.05) is 0 Å². The largest absolute Gasteiger partial charge is 0.489 e. The molecule has 0 aliphatic carbocycles. The highest BCUT2D eigenvalue weighted by Crippen LogP contribution is 2.41. The molecule has 3 aromatic carbocycles. The molecular formula is C24H22O2. The fourth-order valence-electron chi connectivity index (χ4n) is 3.24. The summed E-state index contributed by atoms with van der Waals surface area (Å²) in [6, 6.07) is 26.7. The van der Waals surface area contributed by atoms with Crippen LogP contribution >= 0.6 is 0 Å². The molecule has 0 saturated heterocycles. The van der Waals surface area contributed by atoms with E-state index in [2.05, 4.69) is 62.4 Å². The van der Waals surface area contributed by atoms with Crippen LogP contribution in [0, 0.1) is 0 Å². The van der Waals surface area contributed by atoms with Gasteiger partial charge in [0.1, 0.15) is 23.7 Å². The summed E-state index contributed by atoms with van der Waals surface area (Å²) >= 11 is 0. The monoisotopic (exact) mass is 342 g/mol. The summed E-state index contributed by atoms with van der Waals surface area (Å²) in [5.74, 6) is 1.68. The Hall–Kier alpha value is -3.00. The summed E-state index contributed by atoms with van der Waals surface area (Å²) in [7, 11) is 0. The molecule has 1 aliphatic heterocycles. The third kappa shape index (κ3) is 3.50. The molecule has 26 heavy (non-hydrogen) atoms. The van der Waals surface area contributed by atoms with E-state index in [1.54, 1.807) is 0 Å². The van der Waals surface area contributed by atoms with Crippen LogP contribution in [0.2, 0.25) is 0 Å². The van der Waals surface area contributed by atoms with Crippen molar-refractivity contribution >= 4 is 5.57 Å². The van der Waals surface area contributed by atoms with E-state index in [0.717, 1.165) is 22.6 Å². The highest BCUT2D eigenvalue weighted by Gasteiger charge is 2.27. The topological polar surface area (TPSA) is 18.5 Å². The molecule has 0 saturated carbocycles. The number of benzene rings is 3. The summed E-state index contributed by atoms with van der Waals surface area (Å²) in [6.07, 6.45) is 2.19. The lowest BCUT2D eigenvalue weighted by Gasteiger charge is -2.31. The summed E-state index contributed by atoms with van der Waals surface area (Å²) in [5, 5.41) is 0. The highest BCUT2D eigenvalue weighted by atomic mass is 16.5. The second kappa shape index (κ2) is 6.72. The maximum Gasteiger partial charge on any atom is 0.132 e. The lowest BCUT2D eigenvalue weighted by Crippen LogP contribution is -2.29. The Morgan fingerprint density at radius 3 is 2.27 bits per heavy atom. The van der Waals surface area contributed by atoms with Gasteiger partial charge in [0.2, 0.25) is 0 Å². The molecule has 2 heteroatoms. The van der Waals surface area contributed by atoms with Crippen molar-refractivity contribution in [3.05, 3.63) is 102 Å². The molecule has 0 N–H and O–H groups in total. The molecule has 0 atom stereocenters. The quantitative estimate of drug-likeness (QED) is 0.590. The Morgan fingerprint density at radius 2 is 1.54 bits per heavy atom. The van der Waals surface area contributed by atoms with E-state index in [0.29, 0.717) is 6.61 Å². The predicted molar refractivity (Wildman–Crippen MR) is 105 cm³/mol. The van der Waals surface area contributed by atoms with Gasteiger partial charge in [-0.15, -0.1) is 0 Å². The minimum atomic E-state index is -0.365. The van der Waals surface area contributed by atoms with Crippen molar-refractivity contribution < 1.29 is 9.47 Å². The first-order valence-corrected chi connectivity index (χ1v) is 8.89. The molecule has 2 nitrogen and oxygen atoms in total. The Morgan fingerprint density at radius 1 is 0.846 bits per heavy atom. The van der Waals surface area contributed by atoms with E-state index in [1.807, 2.05) is 36.4 Å². The van der Waals surface area contributed by atoms with Gasteiger partial charge in [-0.05, 0) is 48.8 Å². The zero-order valence-electron chi connectivity index (χ0n) is 15.1. The molecule has 0 unspecified atom stereocenters. The van der Waals surface area contributed by atoms with Crippen molar-refractivity contribution in [1.29, 1.82) is 0 Å². The van der Waals surface area contributed by atoms with Gasteiger partial charge in [-0.1, -0.05) is 60.7 Å². The Labute approximate surface area is 154 Å². The van der Waals surface area contributed by atoms with Crippen LogP contribution in [0.25, 0.3) is 5.57 Å². The highest BCUT2D eigenvalue weighted by molar-refractivity contribution is 5.85. The number of hydrogen-bond donors (Lipinski definition) is 0. The fourth-order valence-corrected chi connectivity index (χ4v) is 3.24. The van der Waals surface area contributed by atoms with E-state index in [9.17, 15) is 0 Å². The SMILES string of the molecule is CC1(C)C=C(c2ccccc2)c2ccc(OCc3ccccc3)cc2O1. The van der Waals surface area contributed by atoms with E-state index in [4.69, 9.17) is 9.47 Å². The zero-order chi connectivity index (χ0) is 18.0. The smallest absolute Gasteiger partial charge is 0.132 e. The fraction of sp³-hybridized carbons (Fsp3) is 0.167. The molecule has 0 aromatic heterocycles. The molecule has 3 aromatic rings. The second-order valence-corrected chi connectivity index (χ2v) is 7.06. The standard InChI is InChI=1S/C24H22O2/c1-24(2)16-22(19-11-7-4-8-12-19)21-14-13-20(15-23(21)26-24)25-17-18-9-5-3-6-10-18/h3-16H,17H2,1-2H3. The average Bonchev–Trinajstić information content (AvgIpc) is 2.66. The van der Waals surface area contributed by atoms with Gasteiger partial charge in [-0.3, -0.25) is 0 Å². The Balaban J connectivity index is 1.64. The predicted octanol–water partition coefficient (Wildman–Crippen LogP) is 5.87. The van der Waals surface area contributed by atoms with Crippen LogP contribution in [0.5, 0.6) is 11.5 Å². The van der Waals surface area contributed by atoms with Crippen LogP contribution in [0.4, 0.5) is 0 Å². The second-order valence-electron chi connectivity index (χ2n) is 7.06. The summed E-state index contributed by atoms with van der Waals surface area (Å²) < 4.78 is 12.2. The molecule has 1 heterocycles. The van der Waals surface area contributed by atoms with Crippen LogP contribution in [-0.4, -0.2) is 5.60 Å². The third-order valence-electron chi connectivity index (χ3n) is 4.44. The molecule has 4 rings (SSSR count). The van der Waals surface area contributed by atoms with Crippen LogP contribution in [-0.2, 0) is 6.61 Å². The van der Waals surface area contributed by atoms with Crippen molar-refractivity contribution in [2.24, 2.45) is 0 Å². The number of ether oxygens (including phenoxy) is 2. The first-order chi connectivity index (χ1) is 12.6. The minimum absolute atomic E-state index is 0.365. The maximum atomic E-state index is 6.21. The van der Waals surface area contributed by atoms with E-state index >= 15 is 0 Å². The Bertz CT molecular complexity index is 925. The van der Waals surface area contributed by atoms with Gasteiger partial charge in [0.05, 0.1) is 0 Å². The van der Waals surface area contributed by atoms with Crippen LogP contribution in [0.3, 0.4) is 0 Å². The van der Waals surface area contributed by atoms with Crippen molar-refractivity contribution in [3.8, 4) is 11.5 Å². The van der Waals surface area contributed by atoms with Gasteiger partial charge in [0.15, 0.2) is 0 Å². The maximum absolute atomic E-state index is 6.21. The summed E-state index contributed by atoms with van der Waals surface area (Å²) in [5.41, 5.74) is 4.28. The summed E-state index contributed by atoms with van der Waals surface area (Å²) in [4.78, 5) is 0. The molecule has 1 aliphatic rings. The van der Waals surface area contributed by atoms with Gasteiger partial charge in [0.25, 0.3) is 0 Å². The molecule has 0 amide bonds. The van der Waals surface area contributed by atoms with E-state index in [-0.39, 0.29) is 5.60 Å². The molecule has 130 valence electrons. The van der Waals surface area contributed by atoms with Crippen molar-refractivity contribution in [1.82, 2.24) is 0 Å². The zero-order valence-corrected chi connectivity index (χ0v) is 15.1. The summed E-state index contributed by atoms with van der Waals surface area (Å²) in [6.45, 7) is 4.71. The lowest BCUT2D eigenvalue weighted by atomic mass is 9.90. The van der Waals surface area contributed by atoms with Crippen LogP contribution in [0.1, 0.15) is 30.5 Å². The van der Waals surface area contributed by atoms with Gasteiger partial charge >= 0.3 is 0 Å². The van der Waals surface area contributed by atoms with E-state index < -0.39 is 0 Å². The Kier molecular flexibility index (Phi) is 4.26. The first kappa shape index (κ1) is 16.5.